The highest BCUT2D eigenvalue weighted by Gasteiger charge is 2.57. The van der Waals surface area contributed by atoms with Crippen molar-refractivity contribution in [1.82, 2.24) is 10.2 Å². The fourth-order valence-electron chi connectivity index (χ4n) is 6.55. The Morgan fingerprint density at radius 2 is 1.56 bits per heavy atom. The summed E-state index contributed by atoms with van der Waals surface area (Å²) >= 11 is 1.54. The molecule has 4 atom stereocenters. The predicted octanol–water partition coefficient (Wildman–Crippen LogP) is 7.54. The maximum absolute atomic E-state index is 14.8. The number of methoxy groups -OCH3 is 1. The lowest BCUT2D eigenvalue weighted by Crippen LogP contribution is -2.47. The summed E-state index contributed by atoms with van der Waals surface area (Å²) < 4.78 is 5.28. The third kappa shape index (κ3) is 6.45. The van der Waals surface area contributed by atoms with Gasteiger partial charge >= 0.3 is 0 Å². The molecule has 7 heteroatoms. The molecule has 234 valence electrons. The van der Waals surface area contributed by atoms with E-state index in [1.165, 1.54) is 18.3 Å². The van der Waals surface area contributed by atoms with Crippen molar-refractivity contribution in [3.8, 4) is 5.75 Å². The predicted molar refractivity (Wildman–Crippen MR) is 180 cm³/mol. The van der Waals surface area contributed by atoms with Gasteiger partial charge in [-0.25, -0.2) is 0 Å². The Balaban J connectivity index is 1.66. The second-order valence-corrected chi connectivity index (χ2v) is 13.9. The van der Waals surface area contributed by atoms with Gasteiger partial charge in [-0.1, -0.05) is 81.4 Å². The first-order chi connectivity index (χ1) is 21.4. The van der Waals surface area contributed by atoms with Crippen LogP contribution in [0.15, 0.2) is 84.2 Å². The van der Waals surface area contributed by atoms with Gasteiger partial charge in [0.1, 0.15) is 11.8 Å². The van der Waals surface area contributed by atoms with Crippen LogP contribution in [0.25, 0.3) is 0 Å². The summed E-state index contributed by atoms with van der Waals surface area (Å²) in [5, 5.41) is 5.10. The molecule has 0 bridgehead atoms. The van der Waals surface area contributed by atoms with Crippen molar-refractivity contribution in [3.63, 3.8) is 0 Å². The van der Waals surface area contributed by atoms with Crippen LogP contribution < -0.4 is 10.1 Å². The first-order valence-corrected chi connectivity index (χ1v) is 16.2. The van der Waals surface area contributed by atoms with Crippen molar-refractivity contribution in [2.24, 2.45) is 5.92 Å². The lowest BCUT2D eigenvalue weighted by Gasteiger charge is -2.31. The van der Waals surface area contributed by atoms with Crippen LogP contribution in [0.5, 0.6) is 5.75 Å². The molecule has 2 heterocycles. The Bertz CT molecular complexity index is 1680. The number of benzene rings is 3. The highest BCUT2D eigenvalue weighted by Crippen LogP contribution is 2.53. The summed E-state index contributed by atoms with van der Waals surface area (Å²) in [6.07, 6.45) is 0. The molecule has 5 rings (SSSR count). The van der Waals surface area contributed by atoms with Crippen molar-refractivity contribution in [3.05, 3.63) is 123 Å². The average molecular weight is 623 g/mol. The number of ether oxygens (including phenoxy) is 1. The fraction of sp³-hybridized carbons (Fsp3) is 0.342. The summed E-state index contributed by atoms with van der Waals surface area (Å²) in [7, 11) is 1.61. The Morgan fingerprint density at radius 1 is 0.889 bits per heavy atom. The van der Waals surface area contributed by atoms with E-state index in [0.717, 1.165) is 38.4 Å². The van der Waals surface area contributed by atoms with E-state index in [4.69, 9.17) is 4.74 Å². The van der Waals surface area contributed by atoms with Gasteiger partial charge < -0.3 is 15.0 Å². The first-order valence-electron chi connectivity index (χ1n) is 15.4. The molecule has 1 aliphatic rings. The molecule has 45 heavy (non-hydrogen) atoms. The average Bonchev–Trinajstić information content (AvgIpc) is 3.60. The highest BCUT2D eigenvalue weighted by atomic mass is 32.1. The topological polar surface area (TPSA) is 75.7 Å². The van der Waals surface area contributed by atoms with Crippen LogP contribution in [0.3, 0.4) is 0 Å². The molecule has 3 aromatic carbocycles. The van der Waals surface area contributed by atoms with Gasteiger partial charge in [0.15, 0.2) is 5.78 Å². The van der Waals surface area contributed by atoms with Gasteiger partial charge in [0.25, 0.3) is 0 Å². The quantitative estimate of drug-likeness (QED) is 0.206. The van der Waals surface area contributed by atoms with Gasteiger partial charge in [-0.15, -0.1) is 11.3 Å². The van der Waals surface area contributed by atoms with Crippen LogP contribution in [-0.4, -0.2) is 35.6 Å². The zero-order valence-corrected chi connectivity index (χ0v) is 27.9. The lowest BCUT2D eigenvalue weighted by molar-refractivity contribution is -0.139. The standard InChI is InChI=1S/C38H42N2O4S/c1-23-10-8-9-11-30(23)35(42)31-32(36-24(2)20-21-45-36)34(37(43)39-22-26-12-18-29(44-7)19-13-26)40(25(3)41)33(31)27-14-16-28(17-15-27)38(4,5)6/h8-21,31-34H,22H2,1-7H3,(H,39,43). The number of nitrogens with one attached hydrogen (secondary N) is 1. The van der Waals surface area contributed by atoms with Crippen LogP contribution in [0.1, 0.15) is 82.7 Å². The second kappa shape index (κ2) is 13.0. The van der Waals surface area contributed by atoms with E-state index in [0.29, 0.717) is 5.56 Å². The lowest BCUT2D eigenvalue weighted by atomic mass is 9.76. The largest absolute Gasteiger partial charge is 0.497 e. The number of nitrogens with zero attached hydrogens (tertiary/aromatic N) is 1. The molecule has 1 N–H and O–H groups in total. The van der Waals surface area contributed by atoms with Gasteiger partial charge in [-0.05, 0) is 70.7 Å². The summed E-state index contributed by atoms with van der Waals surface area (Å²) in [4.78, 5) is 45.5. The number of carbonyl (C=O) groups is 3. The minimum Gasteiger partial charge on any atom is -0.497 e. The minimum atomic E-state index is -0.886. The van der Waals surface area contributed by atoms with Gasteiger partial charge in [0, 0.05) is 29.8 Å². The Morgan fingerprint density at radius 3 is 2.11 bits per heavy atom. The number of rotatable bonds is 8. The second-order valence-electron chi connectivity index (χ2n) is 13.0. The number of Topliss-reactive ketones (excluding diaryl/α,β-unsaturated/α-hetero) is 1. The maximum atomic E-state index is 14.8. The minimum absolute atomic E-state index is 0.0625. The number of thiophene rings is 1. The van der Waals surface area contributed by atoms with E-state index < -0.39 is 23.9 Å². The van der Waals surface area contributed by atoms with Crippen molar-refractivity contribution in [2.75, 3.05) is 7.11 Å². The summed E-state index contributed by atoms with van der Waals surface area (Å²) in [6, 6.07) is 23.8. The number of hydrogen-bond acceptors (Lipinski definition) is 5. The van der Waals surface area contributed by atoms with Crippen molar-refractivity contribution in [2.45, 2.75) is 71.5 Å². The molecular weight excluding hydrogens is 580 g/mol. The summed E-state index contributed by atoms with van der Waals surface area (Å²) in [5.41, 5.74) is 5.32. The zero-order chi connectivity index (χ0) is 32.5. The van der Waals surface area contributed by atoms with E-state index >= 15 is 0 Å². The van der Waals surface area contributed by atoms with Crippen LogP contribution in [0.4, 0.5) is 0 Å². The van der Waals surface area contributed by atoms with E-state index in [2.05, 4.69) is 38.2 Å². The number of hydrogen-bond donors (Lipinski definition) is 1. The molecular formula is C38H42N2O4S. The first kappa shape index (κ1) is 32.2. The van der Waals surface area contributed by atoms with Crippen LogP contribution in [-0.2, 0) is 21.5 Å². The van der Waals surface area contributed by atoms with Crippen molar-refractivity contribution in [1.29, 1.82) is 0 Å². The number of carbonyl (C=O) groups excluding carboxylic acids is 3. The molecule has 1 saturated heterocycles. The molecule has 0 saturated carbocycles. The van der Waals surface area contributed by atoms with Crippen LogP contribution in [0, 0.1) is 19.8 Å². The van der Waals surface area contributed by atoms with Gasteiger partial charge in [0.05, 0.1) is 19.1 Å². The van der Waals surface area contributed by atoms with Crippen molar-refractivity contribution < 1.29 is 19.1 Å². The molecule has 2 amide bonds. The molecule has 4 aromatic rings. The van der Waals surface area contributed by atoms with E-state index in [9.17, 15) is 14.4 Å². The maximum Gasteiger partial charge on any atom is 0.243 e. The number of ketones is 1. The SMILES string of the molecule is COc1ccc(CNC(=O)C2C(c3sccc3C)C(C(=O)c3ccccc3C)C(c3ccc(C(C)(C)C)cc3)N2C(C)=O)cc1. The number of aryl methyl sites for hydroxylation is 2. The monoisotopic (exact) mass is 622 g/mol. The normalized spacial score (nSPS) is 19.8. The van der Waals surface area contributed by atoms with Crippen LogP contribution in [0.2, 0.25) is 0 Å². The fourth-order valence-corrected chi connectivity index (χ4v) is 7.65. The molecule has 0 radical (unpaired) electrons. The number of likely N-dealkylation sites (tertiary alicyclic amines) is 1. The van der Waals surface area contributed by atoms with E-state index in [-0.39, 0.29) is 29.6 Å². The molecule has 0 aliphatic carbocycles. The summed E-state index contributed by atoms with van der Waals surface area (Å²) in [5.74, 6) is -1.07. The van der Waals surface area contributed by atoms with Crippen molar-refractivity contribution >= 4 is 28.9 Å². The van der Waals surface area contributed by atoms with Gasteiger partial charge in [-0.3, -0.25) is 14.4 Å². The molecule has 4 unspecified atom stereocenters. The van der Waals surface area contributed by atoms with E-state index in [1.54, 1.807) is 12.0 Å². The Labute approximate surface area is 270 Å². The van der Waals surface area contributed by atoms with Crippen LogP contribution >= 0.6 is 11.3 Å². The molecule has 1 aromatic heterocycles. The molecule has 0 spiro atoms. The Kier molecular flexibility index (Phi) is 9.31. The summed E-state index contributed by atoms with van der Waals surface area (Å²) in [6.45, 7) is 12.2. The zero-order valence-electron chi connectivity index (χ0n) is 27.1. The van der Waals surface area contributed by atoms with E-state index in [1.807, 2.05) is 86.0 Å². The number of amides is 2. The van der Waals surface area contributed by atoms with Gasteiger partial charge in [-0.2, -0.15) is 0 Å². The third-order valence-electron chi connectivity index (χ3n) is 8.96. The van der Waals surface area contributed by atoms with Gasteiger partial charge in [0.2, 0.25) is 11.8 Å². The third-order valence-corrected chi connectivity index (χ3v) is 10.1. The molecule has 6 nitrogen and oxygen atoms in total. The molecule has 1 fully saturated rings. The Hall–Kier alpha value is -4.23. The molecule has 1 aliphatic heterocycles. The highest BCUT2D eigenvalue weighted by molar-refractivity contribution is 7.10. The smallest absolute Gasteiger partial charge is 0.243 e.